The Kier molecular flexibility index (Phi) is 5.16. The Labute approximate surface area is 129 Å². The summed E-state index contributed by atoms with van der Waals surface area (Å²) in [7, 11) is 0. The first kappa shape index (κ1) is 14.6. The molecule has 0 bridgehead atoms. The molecule has 0 saturated heterocycles. The highest BCUT2D eigenvalue weighted by molar-refractivity contribution is 7.81. The fourth-order valence-electron chi connectivity index (χ4n) is 1.69. The third-order valence-electron chi connectivity index (χ3n) is 2.57. The normalized spacial score (nSPS) is 11.0. The predicted octanol–water partition coefficient (Wildman–Crippen LogP) is 5.10. The Hall–Kier alpha value is -1.84. The standard InChI is InChI=1S/C16H15ClN2S/c1-12(18-15-9-7-13(17)8-10-15)11-16(20)19-14-5-3-2-4-6-14/h2-11,18H,1H3,(H,19,20). The van der Waals surface area contributed by atoms with Crippen LogP contribution in [0, 0.1) is 0 Å². The van der Waals surface area contributed by atoms with Gasteiger partial charge in [0.2, 0.25) is 0 Å². The van der Waals surface area contributed by atoms with E-state index in [4.69, 9.17) is 23.8 Å². The van der Waals surface area contributed by atoms with Crippen molar-refractivity contribution >= 4 is 40.2 Å². The lowest BCUT2D eigenvalue weighted by Gasteiger charge is -2.08. The van der Waals surface area contributed by atoms with Gasteiger partial charge in [-0.25, -0.2) is 0 Å². The van der Waals surface area contributed by atoms with Gasteiger partial charge in [-0.05, 0) is 49.4 Å². The van der Waals surface area contributed by atoms with Crippen LogP contribution in [0.1, 0.15) is 6.92 Å². The Morgan fingerprint density at radius 2 is 1.55 bits per heavy atom. The molecule has 2 aromatic carbocycles. The van der Waals surface area contributed by atoms with E-state index in [9.17, 15) is 0 Å². The molecule has 0 saturated carbocycles. The lowest BCUT2D eigenvalue weighted by Crippen LogP contribution is -2.08. The van der Waals surface area contributed by atoms with Gasteiger partial charge in [-0.1, -0.05) is 42.0 Å². The molecule has 0 aliphatic rings. The Morgan fingerprint density at radius 3 is 2.20 bits per heavy atom. The van der Waals surface area contributed by atoms with E-state index in [0.29, 0.717) is 4.99 Å². The molecule has 0 amide bonds. The largest absolute Gasteiger partial charge is 0.359 e. The second kappa shape index (κ2) is 7.08. The summed E-state index contributed by atoms with van der Waals surface area (Å²) in [5.74, 6) is 0. The van der Waals surface area contributed by atoms with Gasteiger partial charge in [-0.15, -0.1) is 0 Å². The fraction of sp³-hybridized carbons (Fsp3) is 0.0625. The number of allylic oxidation sites excluding steroid dienone is 1. The smallest absolute Gasteiger partial charge is 0.105 e. The maximum absolute atomic E-state index is 5.85. The Morgan fingerprint density at radius 1 is 0.950 bits per heavy atom. The van der Waals surface area contributed by atoms with Gasteiger partial charge in [0.05, 0.1) is 0 Å². The zero-order chi connectivity index (χ0) is 14.4. The molecule has 0 aromatic heterocycles. The van der Waals surface area contributed by atoms with Crippen LogP contribution in [-0.2, 0) is 0 Å². The second-order valence-electron chi connectivity index (χ2n) is 4.31. The number of anilines is 2. The van der Waals surface area contributed by atoms with Gasteiger partial charge in [0, 0.05) is 22.1 Å². The van der Waals surface area contributed by atoms with Crippen LogP contribution in [0.4, 0.5) is 11.4 Å². The molecule has 0 unspecified atom stereocenters. The summed E-state index contributed by atoms with van der Waals surface area (Å²) in [4.78, 5) is 0.662. The minimum Gasteiger partial charge on any atom is -0.359 e. The maximum Gasteiger partial charge on any atom is 0.105 e. The van der Waals surface area contributed by atoms with Gasteiger partial charge >= 0.3 is 0 Å². The SMILES string of the molecule is CC(=CC(=S)Nc1ccccc1)Nc1ccc(Cl)cc1. The molecule has 0 spiro atoms. The van der Waals surface area contributed by atoms with Crippen LogP contribution >= 0.6 is 23.8 Å². The van der Waals surface area contributed by atoms with Gasteiger partial charge in [0.25, 0.3) is 0 Å². The first-order chi connectivity index (χ1) is 9.63. The number of para-hydroxylation sites is 1. The maximum atomic E-state index is 5.85. The van der Waals surface area contributed by atoms with E-state index in [1.807, 2.05) is 67.6 Å². The van der Waals surface area contributed by atoms with Gasteiger partial charge in [0.1, 0.15) is 4.99 Å². The van der Waals surface area contributed by atoms with Gasteiger partial charge in [-0.2, -0.15) is 0 Å². The number of benzene rings is 2. The Balaban J connectivity index is 1.96. The van der Waals surface area contributed by atoms with Gasteiger partial charge < -0.3 is 10.6 Å². The van der Waals surface area contributed by atoms with E-state index >= 15 is 0 Å². The summed E-state index contributed by atoms with van der Waals surface area (Å²) in [5, 5.41) is 7.14. The molecule has 0 radical (unpaired) electrons. The minimum absolute atomic E-state index is 0.662. The van der Waals surface area contributed by atoms with Crippen molar-refractivity contribution in [1.82, 2.24) is 0 Å². The van der Waals surface area contributed by atoms with Crippen molar-refractivity contribution in [3.8, 4) is 0 Å². The summed E-state index contributed by atoms with van der Waals surface area (Å²) in [5.41, 5.74) is 2.92. The monoisotopic (exact) mass is 302 g/mol. The van der Waals surface area contributed by atoms with E-state index in [0.717, 1.165) is 22.1 Å². The van der Waals surface area contributed by atoms with Crippen molar-refractivity contribution in [2.75, 3.05) is 10.6 Å². The molecule has 0 aliphatic heterocycles. The third-order valence-corrected chi connectivity index (χ3v) is 3.05. The lowest BCUT2D eigenvalue weighted by molar-refractivity contribution is 1.38. The molecule has 2 nitrogen and oxygen atoms in total. The first-order valence-electron chi connectivity index (χ1n) is 6.20. The van der Waals surface area contributed by atoms with Crippen molar-refractivity contribution in [1.29, 1.82) is 0 Å². The van der Waals surface area contributed by atoms with Gasteiger partial charge in [-0.3, -0.25) is 0 Å². The minimum atomic E-state index is 0.662. The van der Waals surface area contributed by atoms with Crippen molar-refractivity contribution in [3.05, 3.63) is 71.4 Å². The molecule has 0 atom stereocenters. The number of hydrogen-bond acceptors (Lipinski definition) is 2. The average Bonchev–Trinajstić information content (AvgIpc) is 2.42. The number of hydrogen-bond donors (Lipinski definition) is 2. The molecule has 2 aromatic rings. The summed E-state index contributed by atoms with van der Waals surface area (Å²) >= 11 is 11.2. The van der Waals surface area contributed by atoms with Crippen molar-refractivity contribution in [2.45, 2.75) is 6.92 Å². The van der Waals surface area contributed by atoms with Crippen molar-refractivity contribution in [3.63, 3.8) is 0 Å². The zero-order valence-corrected chi connectivity index (χ0v) is 12.6. The third kappa shape index (κ3) is 4.68. The van der Waals surface area contributed by atoms with Crippen molar-refractivity contribution in [2.24, 2.45) is 0 Å². The zero-order valence-electron chi connectivity index (χ0n) is 11.1. The molecule has 4 heteroatoms. The summed E-state index contributed by atoms with van der Waals surface area (Å²) in [6.45, 7) is 1.97. The number of nitrogens with one attached hydrogen (secondary N) is 2. The van der Waals surface area contributed by atoms with E-state index in [-0.39, 0.29) is 0 Å². The highest BCUT2D eigenvalue weighted by atomic mass is 35.5. The number of thiocarbonyl (C=S) groups is 1. The van der Waals surface area contributed by atoms with Gasteiger partial charge in [0.15, 0.2) is 0 Å². The van der Waals surface area contributed by atoms with Crippen LogP contribution in [0.25, 0.3) is 0 Å². The lowest BCUT2D eigenvalue weighted by atomic mass is 10.3. The topological polar surface area (TPSA) is 24.1 Å². The molecule has 2 rings (SSSR count). The van der Waals surface area contributed by atoms with Crippen LogP contribution in [0.5, 0.6) is 0 Å². The predicted molar refractivity (Wildman–Crippen MR) is 91.5 cm³/mol. The first-order valence-corrected chi connectivity index (χ1v) is 6.99. The molecule has 102 valence electrons. The van der Waals surface area contributed by atoms with E-state index < -0.39 is 0 Å². The Bertz CT molecular complexity index is 606. The summed E-state index contributed by atoms with van der Waals surface area (Å²) in [6.07, 6.45) is 1.89. The van der Waals surface area contributed by atoms with Crippen LogP contribution in [0.2, 0.25) is 5.02 Å². The van der Waals surface area contributed by atoms with Crippen LogP contribution in [-0.4, -0.2) is 4.99 Å². The van der Waals surface area contributed by atoms with E-state index in [1.54, 1.807) is 0 Å². The van der Waals surface area contributed by atoms with Crippen LogP contribution < -0.4 is 10.6 Å². The quantitative estimate of drug-likeness (QED) is 0.607. The van der Waals surface area contributed by atoms with E-state index in [1.165, 1.54) is 0 Å². The highest BCUT2D eigenvalue weighted by Gasteiger charge is 1.97. The molecule has 20 heavy (non-hydrogen) atoms. The highest BCUT2D eigenvalue weighted by Crippen LogP contribution is 2.15. The molecule has 0 aliphatic carbocycles. The van der Waals surface area contributed by atoms with Crippen LogP contribution in [0.15, 0.2) is 66.4 Å². The summed E-state index contributed by atoms with van der Waals surface area (Å²) in [6, 6.07) is 17.4. The molecule has 2 N–H and O–H groups in total. The summed E-state index contributed by atoms with van der Waals surface area (Å²) < 4.78 is 0. The van der Waals surface area contributed by atoms with Crippen LogP contribution in [0.3, 0.4) is 0 Å². The number of halogens is 1. The second-order valence-corrected chi connectivity index (χ2v) is 5.19. The van der Waals surface area contributed by atoms with Crippen molar-refractivity contribution < 1.29 is 0 Å². The average molecular weight is 303 g/mol. The molecular formula is C16H15ClN2S. The van der Waals surface area contributed by atoms with E-state index in [2.05, 4.69) is 10.6 Å². The molecule has 0 fully saturated rings. The molecule has 0 heterocycles. The number of rotatable bonds is 4. The molecular weight excluding hydrogens is 288 g/mol. The fourth-order valence-corrected chi connectivity index (χ4v) is 2.11.